The average molecular weight is 453 g/mol. The average Bonchev–Trinajstić information content (AvgIpc) is 2.84. The van der Waals surface area contributed by atoms with Crippen LogP contribution in [0.25, 0.3) is 0 Å². The van der Waals surface area contributed by atoms with Crippen LogP contribution < -0.4 is 10.7 Å². The summed E-state index contributed by atoms with van der Waals surface area (Å²) in [7, 11) is 0. The number of terminal acetylenes is 1. The molecule has 0 aliphatic heterocycles. The van der Waals surface area contributed by atoms with E-state index in [9.17, 15) is 19.2 Å². The fraction of sp³-hybridized carbons (Fsp3) is 0.217. The molecule has 0 bridgehead atoms. The number of nitrogens with one attached hydrogen (secondary N) is 2. The van der Waals surface area contributed by atoms with Crippen molar-refractivity contribution in [2.24, 2.45) is 0 Å². The maximum absolute atomic E-state index is 12.6. The number of benzene rings is 2. The Hall–Kier alpha value is -4.52. The fourth-order valence-corrected chi connectivity index (χ4v) is 2.41. The van der Waals surface area contributed by atoms with Crippen LogP contribution in [-0.2, 0) is 32.2 Å². The molecule has 2 aromatic rings. The van der Waals surface area contributed by atoms with Gasteiger partial charge in [-0.05, 0) is 18.1 Å². The van der Waals surface area contributed by atoms with Gasteiger partial charge in [-0.15, -0.1) is 6.42 Å². The molecule has 0 aromatic heterocycles. The predicted octanol–water partition coefficient (Wildman–Crippen LogP) is 2.74. The zero-order valence-corrected chi connectivity index (χ0v) is 17.9. The minimum Gasteiger partial charge on any atom is -0.443 e. The van der Waals surface area contributed by atoms with E-state index in [1.54, 1.807) is 54.6 Å². The Labute approximate surface area is 190 Å². The zero-order chi connectivity index (χ0) is 24.1. The van der Waals surface area contributed by atoms with E-state index in [2.05, 4.69) is 16.1 Å². The molecule has 0 saturated carbocycles. The Morgan fingerprint density at radius 2 is 1.42 bits per heavy atom. The highest BCUT2D eigenvalue weighted by Crippen LogP contribution is 2.07. The number of amides is 4. The normalized spacial score (nSPS) is 10.7. The lowest BCUT2D eigenvalue weighted by molar-refractivity contribution is -0.125. The first-order chi connectivity index (χ1) is 15.9. The highest BCUT2D eigenvalue weighted by Gasteiger charge is 2.31. The Balaban J connectivity index is 2.04. The van der Waals surface area contributed by atoms with Crippen molar-refractivity contribution in [1.82, 2.24) is 15.8 Å². The number of carbonyl (C=O) groups excluding carboxylic acids is 4. The number of hydrogen-bond donors (Lipinski definition) is 2. The van der Waals surface area contributed by atoms with Crippen molar-refractivity contribution in [3.8, 4) is 12.3 Å². The smallest absolute Gasteiger partial charge is 0.429 e. The molecular formula is C23H23N3O7. The van der Waals surface area contributed by atoms with Crippen LogP contribution in [0.1, 0.15) is 18.1 Å². The SMILES string of the molecule is C#CCOC(=O)NC(=O)[C@@H](C)N(NC(=O)OCc1ccccc1)C(=O)OCc1ccccc1. The topological polar surface area (TPSA) is 123 Å². The minimum atomic E-state index is -1.36. The van der Waals surface area contributed by atoms with Crippen LogP contribution in [-0.4, -0.2) is 41.8 Å². The Morgan fingerprint density at radius 1 is 0.879 bits per heavy atom. The minimum absolute atomic E-state index is 0.0709. The number of ether oxygens (including phenoxy) is 3. The maximum atomic E-state index is 12.6. The van der Waals surface area contributed by atoms with Crippen LogP contribution in [0.5, 0.6) is 0 Å². The summed E-state index contributed by atoms with van der Waals surface area (Å²) in [6.45, 7) is 0.736. The van der Waals surface area contributed by atoms with Gasteiger partial charge in [0.05, 0.1) is 0 Å². The van der Waals surface area contributed by atoms with Gasteiger partial charge < -0.3 is 14.2 Å². The standard InChI is InChI=1S/C23H23N3O7/c1-3-14-31-21(28)24-20(27)17(2)26(23(30)33-16-19-12-8-5-9-13-19)25-22(29)32-15-18-10-6-4-7-11-18/h1,4-13,17H,14-16H2,2H3,(H,25,29)(H,24,27,28)/t17-/m1/s1. The van der Waals surface area contributed by atoms with Crippen LogP contribution in [0.3, 0.4) is 0 Å². The van der Waals surface area contributed by atoms with Gasteiger partial charge in [0.1, 0.15) is 19.3 Å². The van der Waals surface area contributed by atoms with E-state index in [0.717, 1.165) is 0 Å². The summed E-state index contributed by atoms with van der Waals surface area (Å²) in [5.74, 6) is 1.13. The van der Waals surface area contributed by atoms with Gasteiger partial charge in [0, 0.05) is 0 Å². The van der Waals surface area contributed by atoms with Gasteiger partial charge in [-0.1, -0.05) is 66.6 Å². The molecule has 0 unspecified atom stereocenters. The third kappa shape index (κ3) is 8.63. The van der Waals surface area contributed by atoms with Gasteiger partial charge in [0.15, 0.2) is 6.61 Å². The number of carbonyl (C=O) groups is 4. The molecule has 10 nitrogen and oxygen atoms in total. The summed E-state index contributed by atoms with van der Waals surface area (Å²) >= 11 is 0. The van der Waals surface area contributed by atoms with Crippen molar-refractivity contribution in [3.05, 3.63) is 71.8 Å². The summed E-state index contributed by atoms with van der Waals surface area (Å²) in [6, 6.07) is 16.3. The molecule has 10 heteroatoms. The number of nitrogens with zero attached hydrogens (tertiary/aromatic N) is 1. The van der Waals surface area contributed by atoms with Crippen molar-refractivity contribution in [1.29, 1.82) is 0 Å². The van der Waals surface area contributed by atoms with Crippen LogP contribution >= 0.6 is 0 Å². The Kier molecular flexibility index (Phi) is 9.76. The van der Waals surface area contributed by atoms with Gasteiger partial charge in [0.2, 0.25) is 0 Å². The maximum Gasteiger partial charge on any atom is 0.429 e. The molecule has 0 radical (unpaired) electrons. The highest BCUT2D eigenvalue weighted by atomic mass is 16.6. The monoisotopic (exact) mass is 453 g/mol. The van der Waals surface area contributed by atoms with E-state index in [1.807, 2.05) is 11.4 Å². The predicted molar refractivity (Wildman–Crippen MR) is 116 cm³/mol. The molecule has 0 spiro atoms. The van der Waals surface area contributed by atoms with E-state index < -0.39 is 30.2 Å². The van der Waals surface area contributed by atoms with Crippen LogP contribution in [0.2, 0.25) is 0 Å². The number of imide groups is 1. The van der Waals surface area contributed by atoms with Crippen molar-refractivity contribution in [3.63, 3.8) is 0 Å². The van der Waals surface area contributed by atoms with E-state index in [-0.39, 0.29) is 19.8 Å². The summed E-state index contributed by atoms with van der Waals surface area (Å²) in [6.07, 6.45) is 1.83. The van der Waals surface area contributed by atoms with Crippen molar-refractivity contribution >= 4 is 24.2 Å². The Morgan fingerprint density at radius 3 is 1.97 bits per heavy atom. The number of hydrogen-bond acceptors (Lipinski definition) is 7. The van der Waals surface area contributed by atoms with Gasteiger partial charge in [-0.25, -0.2) is 24.8 Å². The summed E-state index contributed by atoms with van der Waals surface area (Å²) in [5, 5.41) is 2.53. The molecule has 1 atom stereocenters. The summed E-state index contributed by atoms with van der Waals surface area (Å²) in [5.41, 5.74) is 3.58. The first-order valence-corrected chi connectivity index (χ1v) is 9.79. The molecule has 2 N–H and O–H groups in total. The molecular weight excluding hydrogens is 430 g/mol. The molecule has 0 saturated heterocycles. The van der Waals surface area contributed by atoms with Crippen molar-refractivity contribution < 1.29 is 33.4 Å². The molecule has 172 valence electrons. The molecule has 33 heavy (non-hydrogen) atoms. The highest BCUT2D eigenvalue weighted by molar-refractivity contribution is 5.96. The molecule has 0 aliphatic rings. The zero-order valence-electron chi connectivity index (χ0n) is 17.9. The van der Waals surface area contributed by atoms with Crippen molar-refractivity contribution in [2.75, 3.05) is 6.61 Å². The molecule has 2 aromatic carbocycles. The second kappa shape index (κ2) is 13.0. The van der Waals surface area contributed by atoms with Gasteiger partial charge in [-0.2, -0.15) is 0 Å². The van der Waals surface area contributed by atoms with Gasteiger partial charge in [-0.3, -0.25) is 10.1 Å². The molecule has 4 amide bonds. The van der Waals surface area contributed by atoms with E-state index in [4.69, 9.17) is 15.9 Å². The van der Waals surface area contributed by atoms with Gasteiger partial charge in [0.25, 0.3) is 5.91 Å². The first-order valence-electron chi connectivity index (χ1n) is 9.79. The summed E-state index contributed by atoms with van der Waals surface area (Å²) in [4.78, 5) is 48.9. The lowest BCUT2D eigenvalue weighted by atomic mass is 10.2. The fourth-order valence-electron chi connectivity index (χ4n) is 2.41. The lowest BCUT2D eigenvalue weighted by Gasteiger charge is -2.27. The second-order valence-electron chi connectivity index (χ2n) is 6.53. The molecule has 2 rings (SSSR count). The number of rotatable bonds is 7. The lowest BCUT2D eigenvalue weighted by Crippen LogP contribution is -2.57. The molecule has 0 fully saturated rings. The third-order valence-corrected chi connectivity index (χ3v) is 4.10. The third-order valence-electron chi connectivity index (χ3n) is 4.10. The molecule has 0 heterocycles. The van der Waals surface area contributed by atoms with Gasteiger partial charge >= 0.3 is 18.3 Å². The Bertz CT molecular complexity index is 990. The largest absolute Gasteiger partial charge is 0.443 e. The van der Waals surface area contributed by atoms with E-state index in [1.165, 1.54) is 6.92 Å². The quantitative estimate of drug-likeness (QED) is 0.375. The van der Waals surface area contributed by atoms with Crippen molar-refractivity contribution in [2.45, 2.75) is 26.2 Å². The van der Waals surface area contributed by atoms with Crippen LogP contribution in [0.15, 0.2) is 60.7 Å². The van der Waals surface area contributed by atoms with Crippen LogP contribution in [0.4, 0.5) is 14.4 Å². The van der Waals surface area contributed by atoms with E-state index in [0.29, 0.717) is 16.1 Å². The van der Waals surface area contributed by atoms with E-state index >= 15 is 0 Å². The number of hydrazine groups is 1. The number of alkyl carbamates (subject to hydrolysis) is 1. The molecule has 0 aliphatic carbocycles. The second-order valence-corrected chi connectivity index (χ2v) is 6.53. The first kappa shape index (κ1) is 24.7. The van der Waals surface area contributed by atoms with Crippen LogP contribution in [0, 0.1) is 12.3 Å². The summed E-state index contributed by atoms with van der Waals surface area (Å²) < 4.78 is 14.9.